The summed E-state index contributed by atoms with van der Waals surface area (Å²) in [5, 5.41) is 3.55. The van der Waals surface area contributed by atoms with Gasteiger partial charge >= 0.3 is 0 Å². The van der Waals surface area contributed by atoms with E-state index in [4.69, 9.17) is 14.5 Å². The molecule has 32 heavy (non-hydrogen) atoms. The van der Waals surface area contributed by atoms with Crippen LogP contribution in [0.2, 0.25) is 0 Å². The zero-order valence-electron chi connectivity index (χ0n) is 18.4. The lowest BCUT2D eigenvalue weighted by Crippen LogP contribution is -2.33. The quantitative estimate of drug-likeness (QED) is 0.638. The van der Waals surface area contributed by atoms with Crippen molar-refractivity contribution >= 4 is 33.1 Å². The highest BCUT2D eigenvalue weighted by Gasteiger charge is 2.25. The Balaban J connectivity index is 1.49. The molecule has 1 aliphatic carbocycles. The van der Waals surface area contributed by atoms with Crippen molar-refractivity contribution in [1.29, 1.82) is 0 Å². The first-order valence-electron chi connectivity index (χ1n) is 10.8. The average Bonchev–Trinajstić information content (AvgIpc) is 3.33. The molecular weight excluding hydrogens is 428 g/mol. The number of carbonyl (C=O) groups excluding carboxylic acids is 1. The summed E-state index contributed by atoms with van der Waals surface area (Å²) in [4.78, 5) is 35.3. The first-order valence-corrected chi connectivity index (χ1v) is 11.6. The molecule has 1 atom stereocenters. The zero-order chi connectivity index (χ0) is 22.4. The van der Waals surface area contributed by atoms with Crippen LogP contribution >= 0.6 is 11.3 Å². The molecular formula is C23H26N4O4S. The van der Waals surface area contributed by atoms with Crippen molar-refractivity contribution in [1.82, 2.24) is 14.5 Å². The molecule has 1 aromatic carbocycles. The first-order chi connectivity index (χ1) is 15.4. The van der Waals surface area contributed by atoms with Crippen molar-refractivity contribution in [2.75, 3.05) is 26.2 Å². The van der Waals surface area contributed by atoms with E-state index in [1.54, 1.807) is 29.5 Å². The van der Waals surface area contributed by atoms with E-state index in [2.05, 4.69) is 12.2 Å². The summed E-state index contributed by atoms with van der Waals surface area (Å²) in [6.45, 7) is 2.80. The van der Waals surface area contributed by atoms with Crippen LogP contribution in [0.5, 0.6) is 11.5 Å². The maximum absolute atomic E-state index is 13.6. The summed E-state index contributed by atoms with van der Waals surface area (Å²) in [6, 6.07) is 5.24. The molecule has 3 aromatic rings. The smallest absolute Gasteiger partial charge is 0.263 e. The normalized spacial score (nSPS) is 17.1. The second-order valence-electron chi connectivity index (χ2n) is 8.81. The van der Waals surface area contributed by atoms with E-state index in [1.165, 1.54) is 9.44 Å². The number of hydrogen-bond donors (Lipinski definition) is 1. The lowest BCUT2D eigenvalue weighted by molar-refractivity contribution is -0.116. The topological polar surface area (TPSA) is 85.7 Å². The third-order valence-corrected chi connectivity index (χ3v) is 7.06. The summed E-state index contributed by atoms with van der Waals surface area (Å²) in [6.07, 6.45) is 2.95. The van der Waals surface area contributed by atoms with Crippen LogP contribution < -0.4 is 20.3 Å². The Labute approximate surface area is 189 Å². The van der Waals surface area contributed by atoms with Crippen LogP contribution in [0, 0.1) is 5.92 Å². The zero-order valence-corrected chi connectivity index (χ0v) is 19.3. The first kappa shape index (κ1) is 21.0. The monoisotopic (exact) mass is 454 g/mol. The molecule has 3 heterocycles. The number of thiophene rings is 1. The van der Waals surface area contributed by atoms with Crippen LogP contribution in [0.1, 0.15) is 29.6 Å². The number of hydrogen-bond acceptors (Lipinski definition) is 7. The summed E-state index contributed by atoms with van der Waals surface area (Å²) in [7, 11) is 3.85. The highest BCUT2D eigenvalue weighted by atomic mass is 32.1. The number of aromatic nitrogens is 2. The molecule has 1 aliphatic heterocycles. The fourth-order valence-corrected chi connectivity index (χ4v) is 5.74. The molecule has 2 aromatic heterocycles. The predicted molar refractivity (Wildman–Crippen MR) is 124 cm³/mol. The predicted octanol–water partition coefficient (Wildman–Crippen LogP) is 3.01. The van der Waals surface area contributed by atoms with Gasteiger partial charge in [0.25, 0.3) is 5.56 Å². The number of fused-ring (bicyclic) bond motifs is 4. The van der Waals surface area contributed by atoms with Gasteiger partial charge in [0.2, 0.25) is 12.7 Å². The Kier molecular flexibility index (Phi) is 5.38. The van der Waals surface area contributed by atoms with Gasteiger partial charge in [0, 0.05) is 16.6 Å². The molecule has 0 fully saturated rings. The van der Waals surface area contributed by atoms with Gasteiger partial charge in [-0.2, -0.15) is 0 Å². The number of aryl methyl sites for hydroxylation is 1. The minimum Gasteiger partial charge on any atom is -0.454 e. The van der Waals surface area contributed by atoms with E-state index < -0.39 is 0 Å². The largest absolute Gasteiger partial charge is 0.454 e. The molecule has 168 valence electrons. The number of carbonyl (C=O) groups is 1. The molecule has 0 spiro atoms. The van der Waals surface area contributed by atoms with Crippen molar-refractivity contribution in [2.24, 2.45) is 5.92 Å². The molecule has 1 unspecified atom stereocenters. The Hall–Kier alpha value is -2.91. The summed E-state index contributed by atoms with van der Waals surface area (Å²) in [5.41, 5.74) is 1.60. The van der Waals surface area contributed by atoms with Gasteiger partial charge in [-0.25, -0.2) is 4.98 Å². The number of nitrogens with zero attached hydrogens (tertiary/aromatic N) is 3. The molecule has 0 saturated heterocycles. The molecule has 2 aliphatic rings. The van der Waals surface area contributed by atoms with Crippen molar-refractivity contribution in [3.8, 4) is 11.5 Å². The minimum atomic E-state index is -0.287. The van der Waals surface area contributed by atoms with Crippen LogP contribution in [-0.4, -0.2) is 41.2 Å². The van der Waals surface area contributed by atoms with Gasteiger partial charge in [0.1, 0.15) is 17.2 Å². The molecule has 1 N–H and O–H groups in total. The SMILES string of the molecule is CC1CCc2c(sc3nc(CN(C)C)n(CC(=O)Nc4ccc5c(c4)OCO5)c(=O)c23)C1. The summed E-state index contributed by atoms with van der Waals surface area (Å²) < 4.78 is 12.2. The van der Waals surface area contributed by atoms with E-state index in [-0.39, 0.29) is 24.8 Å². The van der Waals surface area contributed by atoms with Gasteiger partial charge in [0.15, 0.2) is 11.5 Å². The molecule has 9 heteroatoms. The number of nitrogens with one attached hydrogen (secondary N) is 1. The van der Waals surface area contributed by atoms with Crippen LogP contribution in [0.4, 0.5) is 5.69 Å². The van der Waals surface area contributed by atoms with Gasteiger partial charge in [-0.15, -0.1) is 11.3 Å². The third-order valence-electron chi connectivity index (χ3n) is 5.91. The molecule has 0 saturated carbocycles. The van der Waals surface area contributed by atoms with Crippen LogP contribution in [0.15, 0.2) is 23.0 Å². The number of benzene rings is 1. The Bertz CT molecular complexity index is 1260. The number of ether oxygens (including phenoxy) is 2. The maximum Gasteiger partial charge on any atom is 0.263 e. The van der Waals surface area contributed by atoms with E-state index in [0.29, 0.717) is 40.9 Å². The number of anilines is 1. The molecule has 5 rings (SSSR count). The molecule has 8 nitrogen and oxygen atoms in total. The minimum absolute atomic E-state index is 0.0968. The molecule has 1 amide bonds. The van der Waals surface area contributed by atoms with E-state index in [1.807, 2.05) is 19.0 Å². The van der Waals surface area contributed by atoms with Crippen molar-refractivity contribution in [2.45, 2.75) is 39.3 Å². The van der Waals surface area contributed by atoms with E-state index in [9.17, 15) is 9.59 Å². The van der Waals surface area contributed by atoms with Crippen molar-refractivity contribution in [3.63, 3.8) is 0 Å². The molecule has 0 radical (unpaired) electrons. The third kappa shape index (κ3) is 3.86. The number of amides is 1. The van der Waals surface area contributed by atoms with Crippen LogP contribution in [0.25, 0.3) is 10.2 Å². The second-order valence-corrected chi connectivity index (χ2v) is 9.89. The van der Waals surface area contributed by atoms with Gasteiger partial charge in [-0.3, -0.25) is 14.2 Å². The van der Waals surface area contributed by atoms with E-state index >= 15 is 0 Å². The maximum atomic E-state index is 13.6. The highest BCUT2D eigenvalue weighted by molar-refractivity contribution is 7.18. The van der Waals surface area contributed by atoms with Gasteiger partial charge < -0.3 is 19.7 Å². The Morgan fingerprint density at radius 2 is 2.12 bits per heavy atom. The van der Waals surface area contributed by atoms with Crippen LogP contribution in [0.3, 0.4) is 0 Å². The summed E-state index contributed by atoms with van der Waals surface area (Å²) >= 11 is 1.63. The van der Waals surface area contributed by atoms with Gasteiger partial charge in [-0.05, 0) is 57.0 Å². The standard InChI is InChI=1S/C23H26N4O4S/c1-13-4-6-15-18(8-13)32-22-21(15)23(29)27(19(25-22)10-26(2)3)11-20(28)24-14-5-7-16-17(9-14)31-12-30-16/h5,7,9,13H,4,6,8,10-12H2,1-3H3,(H,24,28). The fraction of sp³-hybridized carbons (Fsp3) is 0.435. The Morgan fingerprint density at radius 3 is 2.94 bits per heavy atom. The fourth-order valence-electron chi connectivity index (χ4n) is 4.35. The lowest BCUT2D eigenvalue weighted by Gasteiger charge is -2.18. The van der Waals surface area contributed by atoms with Crippen molar-refractivity contribution in [3.05, 3.63) is 44.8 Å². The number of rotatable bonds is 5. The van der Waals surface area contributed by atoms with E-state index in [0.717, 1.165) is 29.7 Å². The average molecular weight is 455 g/mol. The summed E-state index contributed by atoms with van der Waals surface area (Å²) in [5.74, 6) is 2.17. The van der Waals surface area contributed by atoms with Crippen molar-refractivity contribution < 1.29 is 14.3 Å². The van der Waals surface area contributed by atoms with Crippen LogP contribution in [-0.2, 0) is 30.7 Å². The van der Waals surface area contributed by atoms with Gasteiger partial charge in [0.05, 0.1) is 11.9 Å². The highest BCUT2D eigenvalue weighted by Crippen LogP contribution is 2.36. The van der Waals surface area contributed by atoms with Gasteiger partial charge in [-0.1, -0.05) is 6.92 Å². The molecule has 0 bridgehead atoms. The Morgan fingerprint density at radius 1 is 1.31 bits per heavy atom. The lowest BCUT2D eigenvalue weighted by atomic mass is 9.89. The second kappa shape index (κ2) is 8.22.